The molecular weight excluding hydrogens is 160 g/mol. The van der Waals surface area contributed by atoms with Crippen molar-refractivity contribution in [2.24, 2.45) is 4.99 Å². The van der Waals surface area contributed by atoms with Crippen LogP contribution in [0.15, 0.2) is 28.3 Å². The van der Waals surface area contributed by atoms with E-state index in [0.717, 1.165) is 5.57 Å². The molecule has 0 saturated heterocycles. The van der Waals surface area contributed by atoms with Crippen LogP contribution in [0.2, 0.25) is 0 Å². The van der Waals surface area contributed by atoms with Gasteiger partial charge >= 0.3 is 0 Å². The monoisotopic (exact) mass is 176 g/mol. The van der Waals surface area contributed by atoms with Gasteiger partial charge in [-0.15, -0.1) is 0 Å². The Kier molecular flexibility index (Phi) is 5.54. The van der Waals surface area contributed by atoms with Crippen LogP contribution in [0.3, 0.4) is 0 Å². The number of hydrogen-bond donors (Lipinski definition) is 0. The van der Waals surface area contributed by atoms with Gasteiger partial charge in [-0.3, -0.25) is 4.99 Å². The summed E-state index contributed by atoms with van der Waals surface area (Å²) >= 11 is 0. The Balaban J connectivity index is 4.33. The minimum atomic E-state index is -0.347. The van der Waals surface area contributed by atoms with Gasteiger partial charge in [-0.05, 0) is 39.8 Å². The first-order valence-electron chi connectivity index (χ1n) is 4.27. The van der Waals surface area contributed by atoms with Crippen LogP contribution in [0.1, 0.15) is 27.7 Å². The van der Waals surface area contributed by atoms with Crippen LogP contribution in [0.25, 0.3) is 0 Å². The van der Waals surface area contributed by atoms with Crippen molar-refractivity contribution in [2.75, 3.05) is 0 Å². The van der Waals surface area contributed by atoms with E-state index in [0.29, 0.717) is 0 Å². The molecule has 0 aliphatic heterocycles. The fourth-order valence-electron chi connectivity index (χ4n) is 0.714. The van der Waals surface area contributed by atoms with Crippen molar-refractivity contribution in [3.63, 3.8) is 0 Å². The molecule has 0 aromatic carbocycles. The molecule has 0 bridgehead atoms. The number of nitrogens with zero attached hydrogens (tertiary/aromatic N) is 2. The molecule has 0 aliphatic carbocycles. The van der Waals surface area contributed by atoms with E-state index in [1.165, 1.54) is 5.57 Å². The zero-order valence-corrected chi connectivity index (χ0v) is 8.70. The maximum absolute atomic E-state index is 8.71. The molecule has 70 valence electrons. The van der Waals surface area contributed by atoms with Crippen molar-refractivity contribution in [2.45, 2.75) is 33.7 Å². The molecule has 1 atom stereocenters. The minimum Gasteiger partial charge on any atom is -0.270 e. The molecule has 2 heteroatoms. The van der Waals surface area contributed by atoms with Gasteiger partial charge in [-0.25, -0.2) is 0 Å². The largest absolute Gasteiger partial charge is 0.270 e. The Bertz CT molecular complexity index is 269. The highest BCUT2D eigenvalue weighted by molar-refractivity contribution is 5.72. The minimum absolute atomic E-state index is 0.347. The third-order valence-electron chi connectivity index (χ3n) is 1.28. The summed E-state index contributed by atoms with van der Waals surface area (Å²) in [6, 6.07) is 1.76. The Morgan fingerprint density at radius 1 is 1.23 bits per heavy atom. The summed E-state index contributed by atoms with van der Waals surface area (Å²) in [5.41, 5.74) is 2.29. The molecule has 0 fully saturated rings. The van der Waals surface area contributed by atoms with Gasteiger partial charge in [0.25, 0.3) is 0 Å². The van der Waals surface area contributed by atoms with Gasteiger partial charge in [0.15, 0.2) is 6.04 Å². The highest BCUT2D eigenvalue weighted by Crippen LogP contribution is 1.97. The summed E-state index contributed by atoms with van der Waals surface area (Å²) < 4.78 is 0. The fourth-order valence-corrected chi connectivity index (χ4v) is 0.714. The predicted octanol–water partition coefficient (Wildman–Crippen LogP) is 2.88. The second kappa shape index (κ2) is 6.19. The second-order valence-electron chi connectivity index (χ2n) is 3.36. The third kappa shape index (κ3) is 7.02. The second-order valence-corrected chi connectivity index (χ2v) is 3.36. The number of aliphatic imine (C=N–C) groups is 1. The molecule has 0 radical (unpaired) electrons. The quantitative estimate of drug-likeness (QED) is 0.481. The predicted molar refractivity (Wildman–Crippen MR) is 56.8 cm³/mol. The number of nitriles is 1. The van der Waals surface area contributed by atoms with Gasteiger partial charge in [0.05, 0.1) is 6.07 Å². The van der Waals surface area contributed by atoms with Crippen LogP contribution >= 0.6 is 0 Å². The Labute approximate surface area is 80.3 Å². The van der Waals surface area contributed by atoms with Crippen LogP contribution < -0.4 is 0 Å². The van der Waals surface area contributed by atoms with E-state index >= 15 is 0 Å². The Morgan fingerprint density at radius 3 is 2.23 bits per heavy atom. The maximum Gasteiger partial charge on any atom is 0.154 e. The Hall–Kier alpha value is -1.36. The lowest BCUT2D eigenvalue weighted by atomic mass is 10.2. The highest BCUT2D eigenvalue weighted by Gasteiger charge is 1.96. The number of rotatable bonds is 3. The highest BCUT2D eigenvalue weighted by atomic mass is 14.8. The van der Waals surface area contributed by atoms with Crippen molar-refractivity contribution in [1.29, 1.82) is 5.26 Å². The van der Waals surface area contributed by atoms with Crippen LogP contribution in [0.4, 0.5) is 0 Å². The topological polar surface area (TPSA) is 36.1 Å². The molecule has 0 saturated carbocycles. The van der Waals surface area contributed by atoms with Gasteiger partial charge < -0.3 is 0 Å². The lowest BCUT2D eigenvalue weighted by molar-refractivity contribution is 1.03. The summed E-state index contributed by atoms with van der Waals surface area (Å²) in [6.07, 6.45) is 5.42. The lowest BCUT2D eigenvalue weighted by Gasteiger charge is -1.95. The van der Waals surface area contributed by atoms with E-state index in [2.05, 4.69) is 11.1 Å². The van der Waals surface area contributed by atoms with Crippen LogP contribution in [-0.2, 0) is 0 Å². The molecule has 13 heavy (non-hydrogen) atoms. The molecule has 2 nitrogen and oxygen atoms in total. The van der Waals surface area contributed by atoms with Crippen LogP contribution in [0, 0.1) is 11.3 Å². The lowest BCUT2D eigenvalue weighted by Crippen LogP contribution is -1.95. The summed E-state index contributed by atoms with van der Waals surface area (Å²) in [5.74, 6) is 0. The molecule has 1 unspecified atom stereocenters. The van der Waals surface area contributed by atoms with Crippen molar-refractivity contribution in [3.8, 4) is 6.07 Å². The standard InChI is InChI=1S/C11H16N2/c1-9(2)5-6-13-11(8-12)7-10(3)4/h5-7,11H,1-4H3. The van der Waals surface area contributed by atoms with Gasteiger partial charge in [0.2, 0.25) is 0 Å². The number of hydrogen-bond acceptors (Lipinski definition) is 2. The molecule has 0 rings (SSSR count). The zero-order valence-electron chi connectivity index (χ0n) is 8.70. The van der Waals surface area contributed by atoms with Crippen molar-refractivity contribution in [3.05, 3.63) is 23.3 Å². The summed E-state index contributed by atoms with van der Waals surface area (Å²) in [4.78, 5) is 4.08. The smallest absolute Gasteiger partial charge is 0.154 e. The van der Waals surface area contributed by atoms with Crippen LogP contribution in [0.5, 0.6) is 0 Å². The zero-order chi connectivity index (χ0) is 10.3. The SMILES string of the molecule is CC(C)=CC=NC(C#N)C=C(C)C. The van der Waals surface area contributed by atoms with E-state index in [1.807, 2.05) is 39.8 Å². The molecule has 0 amide bonds. The van der Waals surface area contributed by atoms with E-state index < -0.39 is 0 Å². The summed E-state index contributed by atoms with van der Waals surface area (Å²) in [6.45, 7) is 7.91. The fraction of sp³-hybridized carbons (Fsp3) is 0.455. The molecular formula is C11H16N2. The Morgan fingerprint density at radius 2 is 1.85 bits per heavy atom. The molecule has 0 aromatic rings. The maximum atomic E-state index is 8.71. The van der Waals surface area contributed by atoms with Gasteiger partial charge in [0.1, 0.15) is 0 Å². The summed E-state index contributed by atoms with van der Waals surface area (Å²) in [7, 11) is 0. The van der Waals surface area contributed by atoms with Crippen molar-refractivity contribution < 1.29 is 0 Å². The van der Waals surface area contributed by atoms with Crippen molar-refractivity contribution >= 4 is 6.21 Å². The average Bonchev–Trinajstić information content (AvgIpc) is 2.01. The third-order valence-corrected chi connectivity index (χ3v) is 1.28. The average molecular weight is 176 g/mol. The molecule has 0 N–H and O–H groups in total. The molecule has 0 aliphatic rings. The molecule has 0 spiro atoms. The molecule has 0 aromatic heterocycles. The van der Waals surface area contributed by atoms with E-state index in [1.54, 1.807) is 6.21 Å². The van der Waals surface area contributed by atoms with Crippen molar-refractivity contribution in [1.82, 2.24) is 0 Å². The van der Waals surface area contributed by atoms with Gasteiger partial charge in [0, 0.05) is 6.21 Å². The van der Waals surface area contributed by atoms with E-state index in [9.17, 15) is 0 Å². The first-order valence-corrected chi connectivity index (χ1v) is 4.27. The molecule has 0 heterocycles. The first-order chi connectivity index (χ1) is 6.06. The first kappa shape index (κ1) is 11.6. The van der Waals surface area contributed by atoms with Gasteiger partial charge in [-0.1, -0.05) is 11.1 Å². The normalized spacial score (nSPS) is 11.9. The van der Waals surface area contributed by atoms with Crippen LogP contribution in [-0.4, -0.2) is 12.3 Å². The van der Waals surface area contributed by atoms with E-state index in [-0.39, 0.29) is 6.04 Å². The van der Waals surface area contributed by atoms with E-state index in [4.69, 9.17) is 5.26 Å². The summed E-state index contributed by atoms with van der Waals surface area (Å²) in [5, 5.41) is 8.71. The number of allylic oxidation sites excluding steroid dienone is 3. The van der Waals surface area contributed by atoms with Gasteiger partial charge in [-0.2, -0.15) is 5.26 Å².